The van der Waals surface area contributed by atoms with E-state index in [4.69, 9.17) is 44.7 Å². The van der Waals surface area contributed by atoms with Crippen LogP contribution in [0.2, 0.25) is 0 Å². The van der Waals surface area contributed by atoms with Crippen LogP contribution in [0.5, 0.6) is 0 Å². The zero-order valence-electron chi connectivity index (χ0n) is 10.9. The number of carbonyl (C=O) groups is 1. The molecule has 0 amide bonds. The van der Waals surface area contributed by atoms with E-state index in [1.807, 2.05) is 0 Å². The van der Waals surface area contributed by atoms with E-state index in [-0.39, 0.29) is 27.1 Å². The number of carboxylic acids is 1. The molecule has 1 aliphatic rings. The summed E-state index contributed by atoms with van der Waals surface area (Å²) in [6, 6.07) is 0. The molecule has 3 unspecified atom stereocenters. The van der Waals surface area contributed by atoms with E-state index < -0.39 is 5.97 Å². The zero-order chi connectivity index (χ0) is 14.0. The van der Waals surface area contributed by atoms with Gasteiger partial charge in [0.2, 0.25) is 0 Å². The van der Waals surface area contributed by atoms with Crippen molar-refractivity contribution in [1.82, 2.24) is 0 Å². The van der Waals surface area contributed by atoms with Crippen molar-refractivity contribution in [3.63, 3.8) is 0 Å². The monoisotopic (exact) mass is 348 g/mol. The van der Waals surface area contributed by atoms with Gasteiger partial charge in [0.05, 0.1) is 5.38 Å². The molecule has 19 heavy (non-hydrogen) atoms. The second-order valence-corrected chi connectivity index (χ2v) is 6.47. The summed E-state index contributed by atoms with van der Waals surface area (Å²) in [4.78, 5) is 9.00. The molecule has 6 heteroatoms. The molecule has 1 N–H and O–H groups in total. The Labute approximate surface area is 136 Å². The number of carboxylic acid groups (broad SMARTS) is 1. The standard InChI is InChI=1S/C11H19Cl3.C2H4O2.H4Si/c12-9-6-4-2-1-3-5-7-10(13)11(14)8-9;1-2(3)4;/h9-11H,1-8H2;1H3,(H,3,4);1H4. The van der Waals surface area contributed by atoms with E-state index in [0.29, 0.717) is 0 Å². The molecule has 2 nitrogen and oxygen atoms in total. The number of hydrogen-bond acceptors (Lipinski definition) is 1. The number of hydrogen-bond donors (Lipinski definition) is 1. The predicted molar refractivity (Wildman–Crippen MR) is 90.5 cm³/mol. The van der Waals surface area contributed by atoms with Crippen LogP contribution in [0, 0.1) is 0 Å². The van der Waals surface area contributed by atoms with Crippen molar-refractivity contribution in [2.24, 2.45) is 0 Å². The largest absolute Gasteiger partial charge is 0.481 e. The Morgan fingerprint density at radius 2 is 1.37 bits per heavy atom. The highest BCUT2D eigenvalue weighted by Crippen LogP contribution is 2.26. The van der Waals surface area contributed by atoms with Gasteiger partial charge in [0.1, 0.15) is 0 Å². The van der Waals surface area contributed by atoms with Crippen LogP contribution in [0.1, 0.15) is 58.3 Å². The lowest BCUT2D eigenvalue weighted by Gasteiger charge is -2.17. The molecule has 0 radical (unpaired) electrons. The van der Waals surface area contributed by atoms with Crippen LogP contribution >= 0.6 is 34.8 Å². The fraction of sp³-hybridized carbons (Fsp3) is 0.923. The van der Waals surface area contributed by atoms with Crippen LogP contribution in [0.15, 0.2) is 0 Å². The normalized spacial score (nSPS) is 28.9. The van der Waals surface area contributed by atoms with Crippen LogP contribution in [0.25, 0.3) is 0 Å². The highest BCUT2D eigenvalue weighted by atomic mass is 35.5. The molecule has 1 fully saturated rings. The summed E-state index contributed by atoms with van der Waals surface area (Å²) in [5, 5.41) is 7.80. The van der Waals surface area contributed by atoms with Gasteiger partial charge in [-0.25, -0.2) is 0 Å². The first-order chi connectivity index (χ1) is 8.43. The van der Waals surface area contributed by atoms with Crippen LogP contribution in [-0.2, 0) is 4.79 Å². The predicted octanol–water partition coefficient (Wildman–Crippen LogP) is 3.58. The molecular formula is C13H27Cl3O2Si. The first-order valence-corrected chi connectivity index (χ1v) is 7.86. The van der Waals surface area contributed by atoms with Crippen molar-refractivity contribution in [3.8, 4) is 0 Å². The van der Waals surface area contributed by atoms with Crippen LogP contribution in [0.3, 0.4) is 0 Å². The van der Waals surface area contributed by atoms with Gasteiger partial charge in [0.15, 0.2) is 0 Å². The van der Waals surface area contributed by atoms with Crippen molar-refractivity contribution < 1.29 is 9.90 Å². The summed E-state index contributed by atoms with van der Waals surface area (Å²) in [5.74, 6) is -0.833. The molecule has 0 saturated heterocycles. The molecule has 0 heterocycles. The zero-order valence-corrected chi connectivity index (χ0v) is 13.1. The number of rotatable bonds is 0. The molecule has 1 saturated carbocycles. The number of aliphatic carboxylic acids is 1. The van der Waals surface area contributed by atoms with Crippen molar-refractivity contribution >= 4 is 51.7 Å². The van der Waals surface area contributed by atoms with E-state index in [2.05, 4.69) is 0 Å². The maximum absolute atomic E-state index is 9.00. The smallest absolute Gasteiger partial charge is 0.300 e. The molecule has 0 aromatic rings. The van der Waals surface area contributed by atoms with Crippen LogP contribution in [0.4, 0.5) is 0 Å². The highest BCUT2D eigenvalue weighted by molar-refractivity contribution is 6.30. The number of alkyl halides is 3. The average Bonchev–Trinajstić information content (AvgIpc) is 2.28. The Morgan fingerprint density at radius 1 is 0.947 bits per heavy atom. The number of halogens is 3. The van der Waals surface area contributed by atoms with Crippen molar-refractivity contribution in [2.75, 3.05) is 0 Å². The maximum Gasteiger partial charge on any atom is 0.300 e. The van der Waals surface area contributed by atoms with Gasteiger partial charge in [0.25, 0.3) is 5.97 Å². The first kappa shape index (κ1) is 21.8. The third-order valence-electron chi connectivity index (χ3n) is 2.87. The minimum absolute atomic E-state index is 0. The minimum atomic E-state index is -0.833. The average molecular weight is 350 g/mol. The highest BCUT2D eigenvalue weighted by Gasteiger charge is 2.20. The maximum atomic E-state index is 9.00. The summed E-state index contributed by atoms with van der Waals surface area (Å²) >= 11 is 18.6. The van der Waals surface area contributed by atoms with E-state index in [1.54, 1.807) is 0 Å². The van der Waals surface area contributed by atoms with Gasteiger partial charge in [-0.1, -0.05) is 32.1 Å². The van der Waals surface area contributed by atoms with Gasteiger partial charge in [-0.2, -0.15) is 0 Å². The van der Waals surface area contributed by atoms with E-state index in [0.717, 1.165) is 26.2 Å². The Bertz CT molecular complexity index is 226. The molecule has 3 atom stereocenters. The lowest BCUT2D eigenvalue weighted by atomic mass is 10.1. The third-order valence-corrected chi connectivity index (χ3v) is 4.40. The first-order valence-electron chi connectivity index (χ1n) is 6.55. The second kappa shape index (κ2) is 13.5. The molecule has 0 bridgehead atoms. The molecule has 0 aromatic carbocycles. The topological polar surface area (TPSA) is 37.3 Å². The quantitative estimate of drug-likeness (QED) is 0.536. The second-order valence-electron chi connectivity index (χ2n) is 4.73. The Hall–Kier alpha value is 0.557. The summed E-state index contributed by atoms with van der Waals surface area (Å²) in [6.45, 7) is 1.08. The Morgan fingerprint density at radius 3 is 1.89 bits per heavy atom. The fourth-order valence-corrected chi connectivity index (χ4v) is 2.96. The molecular weight excluding hydrogens is 323 g/mol. The molecule has 0 spiro atoms. The molecule has 0 aromatic heterocycles. The SMILES string of the molecule is CC(=O)O.ClC1CCCCCCCC(Cl)C(Cl)C1.[SiH4]. The van der Waals surface area contributed by atoms with Gasteiger partial charge >= 0.3 is 0 Å². The summed E-state index contributed by atoms with van der Waals surface area (Å²) in [7, 11) is 0. The molecule has 1 rings (SSSR count). The minimum Gasteiger partial charge on any atom is -0.481 e. The molecule has 0 aliphatic heterocycles. The van der Waals surface area contributed by atoms with Gasteiger partial charge in [-0.15, -0.1) is 34.8 Å². The van der Waals surface area contributed by atoms with Crippen molar-refractivity contribution in [3.05, 3.63) is 0 Å². The van der Waals surface area contributed by atoms with Gasteiger partial charge < -0.3 is 5.11 Å². The van der Waals surface area contributed by atoms with Crippen LogP contribution < -0.4 is 0 Å². The summed E-state index contributed by atoms with van der Waals surface area (Å²) in [5.41, 5.74) is 0. The van der Waals surface area contributed by atoms with Crippen LogP contribution in [-0.4, -0.2) is 38.2 Å². The summed E-state index contributed by atoms with van der Waals surface area (Å²) in [6.07, 6.45) is 9.36. The van der Waals surface area contributed by atoms with E-state index in [9.17, 15) is 0 Å². The van der Waals surface area contributed by atoms with E-state index >= 15 is 0 Å². The van der Waals surface area contributed by atoms with Gasteiger partial charge in [0, 0.05) is 17.7 Å². The third kappa shape index (κ3) is 14.8. The molecule has 1 aliphatic carbocycles. The summed E-state index contributed by atoms with van der Waals surface area (Å²) < 4.78 is 0. The lowest BCUT2D eigenvalue weighted by Crippen LogP contribution is -2.19. The van der Waals surface area contributed by atoms with Gasteiger partial charge in [-0.05, 0) is 30.2 Å². The Kier molecular flexibility index (Phi) is 15.6. The van der Waals surface area contributed by atoms with Crippen molar-refractivity contribution in [2.45, 2.75) is 74.4 Å². The molecule has 116 valence electrons. The van der Waals surface area contributed by atoms with E-state index in [1.165, 1.54) is 32.1 Å². The Balaban J connectivity index is 0. The fourth-order valence-electron chi connectivity index (χ4n) is 1.93. The lowest BCUT2D eigenvalue weighted by molar-refractivity contribution is -0.134. The van der Waals surface area contributed by atoms with Crippen molar-refractivity contribution in [1.29, 1.82) is 0 Å². The van der Waals surface area contributed by atoms with Gasteiger partial charge in [-0.3, -0.25) is 4.79 Å².